The van der Waals surface area contributed by atoms with Crippen LogP contribution >= 0.6 is 22.6 Å². The van der Waals surface area contributed by atoms with Gasteiger partial charge in [0.25, 0.3) is 0 Å². The van der Waals surface area contributed by atoms with Crippen LogP contribution in [-0.4, -0.2) is 24.5 Å². The highest BCUT2D eigenvalue weighted by Gasteiger charge is 2.33. The zero-order valence-corrected chi connectivity index (χ0v) is 10.4. The zero-order chi connectivity index (χ0) is 13.1. The molecule has 0 aromatic heterocycles. The summed E-state index contributed by atoms with van der Waals surface area (Å²) in [5.41, 5.74) is 0.0690. The fraction of sp³-hybridized carbons (Fsp3) is 0.200. The molecule has 1 rings (SSSR count). The molecule has 0 amide bonds. The molecule has 0 aliphatic heterocycles. The first-order valence-electron chi connectivity index (χ1n) is 4.35. The van der Waals surface area contributed by atoms with Gasteiger partial charge in [-0.2, -0.15) is 8.78 Å². The first kappa shape index (κ1) is 13.8. The van der Waals surface area contributed by atoms with Crippen LogP contribution in [0.2, 0.25) is 0 Å². The number of hydrogen-bond acceptors (Lipinski definition) is 4. The lowest BCUT2D eigenvalue weighted by Gasteiger charge is -2.16. The topological polar surface area (TPSA) is 66.4 Å². The number of aliphatic carboxylic acids is 1. The van der Waals surface area contributed by atoms with Crippen molar-refractivity contribution in [3.63, 3.8) is 0 Å². The summed E-state index contributed by atoms with van der Waals surface area (Å²) in [4.78, 5) is 21.2. The van der Waals surface area contributed by atoms with Crippen molar-refractivity contribution in [3.8, 4) is 0 Å². The number of carbonyl (C=O) groups is 2. The Morgan fingerprint density at radius 3 is 2.29 bits per heavy atom. The Kier molecular flexibility index (Phi) is 4.38. The van der Waals surface area contributed by atoms with E-state index in [2.05, 4.69) is 4.74 Å². The first-order chi connectivity index (χ1) is 7.83. The summed E-state index contributed by atoms with van der Waals surface area (Å²) >= 11 is 2.00. The molecule has 0 heterocycles. The van der Waals surface area contributed by atoms with Crippen LogP contribution < -0.4 is 5.11 Å². The molecular weight excluding hydrogens is 349 g/mol. The van der Waals surface area contributed by atoms with Gasteiger partial charge in [0, 0.05) is 3.57 Å². The van der Waals surface area contributed by atoms with Crippen molar-refractivity contribution in [2.75, 3.05) is 6.61 Å². The highest BCUT2D eigenvalue weighted by molar-refractivity contribution is 14.1. The predicted molar refractivity (Wildman–Crippen MR) is 59.4 cm³/mol. The van der Waals surface area contributed by atoms with Gasteiger partial charge in [-0.15, -0.1) is 0 Å². The molecule has 0 fully saturated rings. The Hall–Kier alpha value is -1.25. The molecule has 0 radical (unpaired) electrons. The van der Waals surface area contributed by atoms with Crippen LogP contribution in [-0.2, 0) is 9.53 Å². The maximum absolute atomic E-state index is 12.5. The molecule has 1 aromatic rings. The smallest absolute Gasteiger partial charge is 0.338 e. The van der Waals surface area contributed by atoms with Gasteiger partial charge in [-0.1, -0.05) is 0 Å². The van der Waals surface area contributed by atoms with E-state index in [9.17, 15) is 23.5 Å². The molecule has 7 heteroatoms. The number of carbonyl (C=O) groups excluding carboxylic acids is 2. The molecule has 92 valence electrons. The van der Waals surface area contributed by atoms with Crippen molar-refractivity contribution < 1.29 is 28.2 Å². The summed E-state index contributed by atoms with van der Waals surface area (Å²) in [6.45, 7) is -1.54. The number of esters is 1. The number of ether oxygens (including phenoxy) is 1. The van der Waals surface area contributed by atoms with Gasteiger partial charge >= 0.3 is 11.9 Å². The minimum atomic E-state index is -4.18. The van der Waals surface area contributed by atoms with Crippen LogP contribution in [0.3, 0.4) is 0 Å². The molecule has 0 saturated heterocycles. The molecule has 0 spiro atoms. The van der Waals surface area contributed by atoms with Crippen LogP contribution in [0.15, 0.2) is 24.3 Å². The SMILES string of the molecule is O=C(OCC(F)(F)C(=O)[O-])c1ccc(I)cc1. The van der Waals surface area contributed by atoms with E-state index in [1.807, 2.05) is 22.6 Å². The molecule has 0 aliphatic carbocycles. The van der Waals surface area contributed by atoms with Gasteiger partial charge in [0.05, 0.1) is 5.56 Å². The van der Waals surface area contributed by atoms with Crippen LogP contribution in [0.1, 0.15) is 10.4 Å². The van der Waals surface area contributed by atoms with E-state index in [1.54, 1.807) is 12.1 Å². The van der Waals surface area contributed by atoms with Gasteiger partial charge in [-0.05, 0) is 46.9 Å². The fourth-order valence-corrected chi connectivity index (χ4v) is 1.24. The largest absolute Gasteiger partial charge is 0.544 e. The number of alkyl halides is 2. The molecule has 17 heavy (non-hydrogen) atoms. The first-order valence-corrected chi connectivity index (χ1v) is 5.43. The second kappa shape index (κ2) is 5.39. The summed E-state index contributed by atoms with van der Waals surface area (Å²) in [6.07, 6.45) is 0. The number of rotatable bonds is 4. The highest BCUT2D eigenvalue weighted by Crippen LogP contribution is 2.14. The van der Waals surface area contributed by atoms with Gasteiger partial charge in [0.1, 0.15) is 5.97 Å². The lowest BCUT2D eigenvalue weighted by Crippen LogP contribution is -2.45. The third-order valence-electron chi connectivity index (χ3n) is 1.76. The van der Waals surface area contributed by atoms with E-state index < -0.39 is 24.5 Å². The third-order valence-corrected chi connectivity index (χ3v) is 2.48. The molecule has 0 atom stereocenters. The summed E-state index contributed by atoms with van der Waals surface area (Å²) < 4.78 is 30.1. The molecule has 1 aromatic carbocycles. The third kappa shape index (κ3) is 3.91. The molecule has 4 nitrogen and oxygen atoms in total. The summed E-state index contributed by atoms with van der Waals surface area (Å²) in [6, 6.07) is 5.96. The number of hydrogen-bond donors (Lipinski definition) is 0. The number of benzene rings is 1. The van der Waals surface area contributed by atoms with E-state index in [0.29, 0.717) is 0 Å². The zero-order valence-electron chi connectivity index (χ0n) is 8.28. The molecule has 0 N–H and O–H groups in total. The lowest BCUT2D eigenvalue weighted by atomic mass is 10.2. The van der Waals surface area contributed by atoms with Crippen molar-refractivity contribution in [2.45, 2.75) is 5.92 Å². The van der Waals surface area contributed by atoms with Crippen molar-refractivity contribution in [1.82, 2.24) is 0 Å². The Bertz CT molecular complexity index is 430. The fourth-order valence-electron chi connectivity index (χ4n) is 0.884. The molecule has 0 aliphatic rings. The predicted octanol–water partition coefficient (Wildman–Crippen LogP) is 0.833. The van der Waals surface area contributed by atoms with E-state index >= 15 is 0 Å². The summed E-state index contributed by atoms with van der Waals surface area (Å²) in [5.74, 6) is -7.77. The minimum Gasteiger partial charge on any atom is -0.544 e. The average Bonchev–Trinajstić information content (AvgIpc) is 2.27. The minimum absolute atomic E-state index is 0.0690. The maximum Gasteiger partial charge on any atom is 0.338 e. The quantitative estimate of drug-likeness (QED) is 0.593. The van der Waals surface area contributed by atoms with Gasteiger partial charge in [-0.3, -0.25) is 0 Å². The van der Waals surface area contributed by atoms with Crippen molar-refractivity contribution in [2.24, 2.45) is 0 Å². The molecule has 0 bridgehead atoms. The lowest BCUT2D eigenvalue weighted by molar-refractivity contribution is -0.331. The molecule has 0 unspecified atom stereocenters. The van der Waals surface area contributed by atoms with Gasteiger partial charge in [0.15, 0.2) is 6.61 Å². The summed E-state index contributed by atoms with van der Waals surface area (Å²) in [7, 11) is 0. The summed E-state index contributed by atoms with van der Waals surface area (Å²) in [5, 5.41) is 9.96. The van der Waals surface area contributed by atoms with Crippen molar-refractivity contribution in [1.29, 1.82) is 0 Å². The second-order valence-corrected chi connectivity index (χ2v) is 4.32. The van der Waals surface area contributed by atoms with Crippen molar-refractivity contribution >= 4 is 34.5 Å². The van der Waals surface area contributed by atoms with E-state index in [1.165, 1.54) is 12.1 Å². The van der Waals surface area contributed by atoms with E-state index in [0.717, 1.165) is 3.57 Å². The van der Waals surface area contributed by atoms with Crippen LogP contribution in [0, 0.1) is 3.57 Å². The second-order valence-electron chi connectivity index (χ2n) is 3.07. The standard InChI is InChI=1S/C10H7F2IO4/c11-10(12,9(15)16)5-17-8(14)6-1-3-7(13)4-2-6/h1-4H,5H2,(H,15,16)/p-1. The van der Waals surface area contributed by atoms with Crippen LogP contribution in [0.25, 0.3) is 0 Å². The van der Waals surface area contributed by atoms with E-state index in [4.69, 9.17) is 0 Å². The number of halogens is 3. The Balaban J connectivity index is 2.62. The van der Waals surface area contributed by atoms with Gasteiger partial charge < -0.3 is 14.6 Å². The van der Waals surface area contributed by atoms with Gasteiger partial charge in [-0.25, -0.2) is 4.79 Å². The molecular formula is C10H6F2IO4-. The highest BCUT2D eigenvalue weighted by atomic mass is 127. The normalized spacial score (nSPS) is 11.0. The number of carboxylic acids is 1. The van der Waals surface area contributed by atoms with Crippen LogP contribution in [0.5, 0.6) is 0 Å². The molecule has 0 saturated carbocycles. The maximum atomic E-state index is 12.5. The van der Waals surface area contributed by atoms with E-state index in [-0.39, 0.29) is 5.56 Å². The van der Waals surface area contributed by atoms with Crippen molar-refractivity contribution in [3.05, 3.63) is 33.4 Å². The van der Waals surface area contributed by atoms with Crippen LogP contribution in [0.4, 0.5) is 8.78 Å². The Morgan fingerprint density at radius 1 is 1.29 bits per heavy atom. The monoisotopic (exact) mass is 355 g/mol. The number of carboxylic acid groups (broad SMARTS) is 1. The van der Waals surface area contributed by atoms with Gasteiger partial charge in [0.2, 0.25) is 0 Å². The Morgan fingerprint density at radius 2 is 1.82 bits per heavy atom. The Labute approximate surface area is 109 Å². The average molecular weight is 355 g/mol.